The van der Waals surface area contributed by atoms with Crippen LogP contribution in [0.4, 0.5) is 17.1 Å². The van der Waals surface area contributed by atoms with Gasteiger partial charge in [0.1, 0.15) is 6.61 Å². The van der Waals surface area contributed by atoms with Crippen molar-refractivity contribution in [2.45, 2.75) is 9.79 Å². The molecule has 0 spiro atoms. The second kappa shape index (κ2) is 11.1. The third-order valence-electron chi connectivity index (χ3n) is 4.49. The van der Waals surface area contributed by atoms with Gasteiger partial charge in [-0.15, -0.1) is 0 Å². The molecule has 0 unspecified atom stereocenters. The Hall–Kier alpha value is -2.72. The fourth-order valence-electron chi connectivity index (χ4n) is 2.80. The van der Waals surface area contributed by atoms with Crippen molar-refractivity contribution in [1.29, 1.82) is 0 Å². The summed E-state index contributed by atoms with van der Waals surface area (Å²) in [5, 5.41) is 0. The average Bonchev–Trinajstić information content (AvgIpc) is 2.78. The molecule has 0 aliphatic heterocycles. The monoisotopic (exact) mass is 459 g/mol. The number of nitrogens with zero attached hydrogens (tertiary/aromatic N) is 1. The van der Waals surface area contributed by atoms with Gasteiger partial charge in [-0.2, -0.15) is 4.33 Å². The normalized spacial score (nSPS) is 11.4. The summed E-state index contributed by atoms with van der Waals surface area (Å²) in [6, 6.07) is 23.1. The first-order valence-corrected chi connectivity index (χ1v) is 12.0. The summed E-state index contributed by atoms with van der Waals surface area (Å²) in [4.78, 5) is 8.35. The second-order valence-corrected chi connectivity index (χ2v) is 9.64. The zero-order valence-corrected chi connectivity index (χ0v) is 18.5. The molecule has 7 nitrogen and oxygen atoms in total. The summed E-state index contributed by atoms with van der Waals surface area (Å²) in [7, 11) is -3.44. The van der Waals surface area contributed by atoms with Crippen LogP contribution in [0.3, 0.4) is 0 Å². The van der Waals surface area contributed by atoms with Crippen LogP contribution >= 0.6 is 12.0 Å². The van der Waals surface area contributed by atoms with Gasteiger partial charge in [0.25, 0.3) is 0 Å². The molecule has 0 aliphatic carbocycles. The Labute approximate surface area is 187 Å². The van der Waals surface area contributed by atoms with E-state index in [1.165, 1.54) is 12.1 Å². The van der Waals surface area contributed by atoms with Gasteiger partial charge >= 0.3 is 0 Å². The smallest absolute Gasteiger partial charge is 0.180 e. The van der Waals surface area contributed by atoms with E-state index < -0.39 is 9.84 Å². The Morgan fingerprint density at radius 1 is 0.806 bits per heavy atom. The number of hydrogen-bond donors (Lipinski definition) is 2. The first kappa shape index (κ1) is 23.0. The van der Waals surface area contributed by atoms with Crippen LogP contribution in [0.25, 0.3) is 0 Å². The maximum Gasteiger partial charge on any atom is 0.180 e. The van der Waals surface area contributed by atoms with Crippen molar-refractivity contribution in [3.8, 4) is 0 Å². The number of sulfone groups is 1. The topological polar surface area (TPSA) is 108 Å². The van der Waals surface area contributed by atoms with Gasteiger partial charge in [-0.05, 0) is 60.7 Å². The van der Waals surface area contributed by atoms with Crippen LogP contribution in [0, 0.1) is 0 Å². The van der Waals surface area contributed by atoms with Crippen molar-refractivity contribution in [3.63, 3.8) is 0 Å². The lowest BCUT2D eigenvalue weighted by molar-refractivity contribution is -0.187. The third-order valence-corrected chi connectivity index (χ3v) is 6.83. The van der Waals surface area contributed by atoms with Gasteiger partial charge in [0, 0.05) is 35.0 Å². The van der Waals surface area contributed by atoms with E-state index in [1.54, 1.807) is 24.3 Å². The Balaban J connectivity index is 1.54. The molecule has 0 aliphatic rings. The fraction of sp³-hybridized carbons (Fsp3) is 0.182. The van der Waals surface area contributed by atoms with Crippen molar-refractivity contribution in [2.24, 2.45) is 0 Å². The third kappa shape index (κ3) is 7.18. The van der Waals surface area contributed by atoms with Crippen molar-refractivity contribution in [2.75, 3.05) is 41.8 Å². The molecule has 3 aromatic carbocycles. The number of hydrogen-bond acceptors (Lipinski definition) is 8. The lowest BCUT2D eigenvalue weighted by atomic mass is 10.3. The highest BCUT2D eigenvalue weighted by molar-refractivity contribution is 7.94. The summed E-state index contributed by atoms with van der Waals surface area (Å²) in [6.45, 7) is 1.04. The molecule has 0 atom stereocenters. The van der Waals surface area contributed by atoms with Crippen LogP contribution in [0.2, 0.25) is 0 Å². The zero-order valence-electron chi connectivity index (χ0n) is 16.9. The first-order chi connectivity index (χ1) is 14.9. The molecule has 0 saturated heterocycles. The number of rotatable bonds is 11. The van der Waals surface area contributed by atoms with E-state index in [-0.39, 0.29) is 17.3 Å². The Kier molecular flexibility index (Phi) is 8.19. The molecule has 0 saturated carbocycles. The summed E-state index contributed by atoms with van der Waals surface area (Å²) >= 11 is 1.09. The summed E-state index contributed by atoms with van der Waals surface area (Å²) in [5.41, 5.74) is 13.4. The number of nitrogen functional groups attached to an aromatic ring is 2. The van der Waals surface area contributed by atoms with Crippen LogP contribution in [0.15, 0.2) is 88.7 Å². The molecule has 9 heteroatoms. The Bertz CT molecular complexity index is 1040. The molecule has 0 heterocycles. The molecule has 0 bridgehead atoms. The van der Waals surface area contributed by atoms with Gasteiger partial charge in [0.2, 0.25) is 0 Å². The lowest BCUT2D eigenvalue weighted by Crippen LogP contribution is -2.32. The average molecular weight is 460 g/mol. The highest BCUT2D eigenvalue weighted by Crippen LogP contribution is 2.21. The van der Waals surface area contributed by atoms with Gasteiger partial charge in [0.15, 0.2) is 9.84 Å². The predicted molar refractivity (Wildman–Crippen MR) is 125 cm³/mol. The zero-order chi connectivity index (χ0) is 22.1. The van der Waals surface area contributed by atoms with E-state index >= 15 is 0 Å². The molecule has 0 radical (unpaired) electrons. The van der Waals surface area contributed by atoms with Crippen LogP contribution in [-0.2, 0) is 19.1 Å². The molecule has 3 rings (SSSR count). The highest BCUT2D eigenvalue weighted by atomic mass is 32.2. The number of benzene rings is 3. The van der Waals surface area contributed by atoms with Gasteiger partial charge < -0.3 is 16.4 Å². The van der Waals surface area contributed by atoms with Crippen molar-refractivity contribution < 1.29 is 17.6 Å². The van der Waals surface area contributed by atoms with Crippen LogP contribution < -0.4 is 16.4 Å². The van der Waals surface area contributed by atoms with Crippen LogP contribution in [0.5, 0.6) is 0 Å². The van der Waals surface area contributed by atoms with E-state index in [0.717, 1.165) is 22.6 Å². The molecule has 3 aromatic rings. The molecular weight excluding hydrogens is 434 g/mol. The summed E-state index contributed by atoms with van der Waals surface area (Å²) in [6.07, 6.45) is 0. The fourth-order valence-corrected chi connectivity index (χ4v) is 4.49. The minimum atomic E-state index is -3.44. The molecular formula is C22H25N3O4S2. The predicted octanol–water partition coefficient (Wildman–Crippen LogP) is 3.79. The lowest BCUT2D eigenvalue weighted by Gasteiger charge is -2.24. The molecule has 31 heavy (non-hydrogen) atoms. The van der Waals surface area contributed by atoms with E-state index in [4.69, 9.17) is 20.7 Å². The van der Waals surface area contributed by atoms with Gasteiger partial charge in [0.05, 0.1) is 22.7 Å². The van der Waals surface area contributed by atoms with Crippen molar-refractivity contribution in [1.82, 2.24) is 0 Å². The molecule has 164 valence electrons. The van der Waals surface area contributed by atoms with Gasteiger partial charge in [-0.1, -0.05) is 18.2 Å². The number of para-hydroxylation sites is 1. The minimum Gasteiger partial charge on any atom is -0.399 e. The molecule has 0 amide bonds. The molecule has 4 N–H and O–H groups in total. The van der Waals surface area contributed by atoms with E-state index in [0.29, 0.717) is 24.5 Å². The van der Waals surface area contributed by atoms with E-state index in [1.807, 2.05) is 47.4 Å². The maximum atomic E-state index is 12.7. The molecule has 0 aromatic heterocycles. The first-order valence-electron chi connectivity index (χ1n) is 9.64. The van der Waals surface area contributed by atoms with Gasteiger partial charge in [-0.3, -0.25) is 0 Å². The van der Waals surface area contributed by atoms with E-state index in [2.05, 4.69) is 0 Å². The Morgan fingerprint density at radius 2 is 1.42 bits per heavy atom. The van der Waals surface area contributed by atoms with Crippen LogP contribution in [-0.4, -0.2) is 33.9 Å². The Morgan fingerprint density at radius 3 is 2.06 bits per heavy atom. The van der Waals surface area contributed by atoms with Crippen molar-refractivity contribution >= 4 is 38.9 Å². The second-order valence-electron chi connectivity index (χ2n) is 6.75. The molecule has 0 fully saturated rings. The number of anilines is 3. The van der Waals surface area contributed by atoms with Crippen molar-refractivity contribution in [3.05, 3.63) is 78.9 Å². The SMILES string of the molecule is Nc1ccc(SOOCCN(CCS(=O)(=O)c2ccc(N)cc2)c2ccccc2)cc1. The van der Waals surface area contributed by atoms with E-state index in [9.17, 15) is 8.42 Å². The summed E-state index contributed by atoms with van der Waals surface area (Å²) in [5.74, 6) is -0.0349. The minimum absolute atomic E-state index is 0.0349. The maximum absolute atomic E-state index is 12.7. The number of nitrogens with two attached hydrogens (primary N) is 2. The summed E-state index contributed by atoms with van der Waals surface area (Å²) < 4.78 is 30.6. The van der Waals surface area contributed by atoms with Crippen LogP contribution in [0.1, 0.15) is 0 Å². The quantitative estimate of drug-likeness (QED) is 0.147. The van der Waals surface area contributed by atoms with Gasteiger partial charge in [-0.25, -0.2) is 13.3 Å². The highest BCUT2D eigenvalue weighted by Gasteiger charge is 2.17. The largest absolute Gasteiger partial charge is 0.399 e. The standard InChI is InChI=1S/C22H25N3O4S2/c23-18-6-10-21(11-7-18)30-29-28-16-14-25(20-4-2-1-3-5-20)15-17-31(26,27)22-12-8-19(24)9-13-22/h1-13H,14-17,23-24H2.